The van der Waals surface area contributed by atoms with Crippen LogP contribution in [0.5, 0.6) is 5.75 Å². The van der Waals surface area contributed by atoms with Gasteiger partial charge >= 0.3 is 0 Å². The molecule has 1 N–H and O–H groups in total. The average molecular weight is 340 g/mol. The molecule has 132 valence electrons. The molecule has 0 aliphatic carbocycles. The SMILES string of the molecule is Cc1cccc(OCC(=O)NCc2nc(C)cc(N3CCCC3)n2)c1. The topological polar surface area (TPSA) is 67.3 Å². The van der Waals surface area contributed by atoms with Crippen molar-refractivity contribution in [2.75, 3.05) is 24.6 Å². The van der Waals surface area contributed by atoms with Crippen LogP contribution in [0.4, 0.5) is 5.82 Å². The van der Waals surface area contributed by atoms with E-state index in [2.05, 4.69) is 20.2 Å². The van der Waals surface area contributed by atoms with Crippen LogP contribution >= 0.6 is 0 Å². The van der Waals surface area contributed by atoms with Crippen molar-refractivity contribution in [1.82, 2.24) is 15.3 Å². The number of hydrogen-bond acceptors (Lipinski definition) is 5. The van der Waals surface area contributed by atoms with Gasteiger partial charge in [-0.1, -0.05) is 12.1 Å². The summed E-state index contributed by atoms with van der Waals surface area (Å²) in [6, 6.07) is 9.63. The number of amides is 1. The third-order valence-electron chi connectivity index (χ3n) is 4.12. The van der Waals surface area contributed by atoms with Gasteiger partial charge in [0.05, 0.1) is 6.54 Å². The zero-order chi connectivity index (χ0) is 17.6. The zero-order valence-electron chi connectivity index (χ0n) is 14.8. The van der Waals surface area contributed by atoms with E-state index in [1.165, 1.54) is 12.8 Å². The van der Waals surface area contributed by atoms with Crippen LogP contribution in [-0.2, 0) is 11.3 Å². The van der Waals surface area contributed by atoms with Gasteiger partial charge in [0.1, 0.15) is 17.4 Å². The van der Waals surface area contributed by atoms with Crippen molar-refractivity contribution < 1.29 is 9.53 Å². The number of rotatable bonds is 6. The lowest BCUT2D eigenvalue weighted by Crippen LogP contribution is -2.29. The predicted molar refractivity (Wildman–Crippen MR) is 96.7 cm³/mol. The van der Waals surface area contributed by atoms with Crippen molar-refractivity contribution in [3.05, 3.63) is 47.4 Å². The van der Waals surface area contributed by atoms with Crippen LogP contribution in [0.3, 0.4) is 0 Å². The van der Waals surface area contributed by atoms with Gasteiger partial charge in [0, 0.05) is 24.8 Å². The number of nitrogens with one attached hydrogen (secondary N) is 1. The molecule has 0 bridgehead atoms. The summed E-state index contributed by atoms with van der Waals surface area (Å²) in [5, 5.41) is 2.82. The molecule has 1 fully saturated rings. The molecule has 0 radical (unpaired) electrons. The standard InChI is InChI=1S/C19H24N4O2/c1-14-6-5-7-16(10-14)25-13-19(24)20-12-17-21-15(2)11-18(22-17)23-8-3-4-9-23/h5-7,10-11H,3-4,8-9,12-13H2,1-2H3,(H,20,24). The van der Waals surface area contributed by atoms with Gasteiger partial charge in [-0.3, -0.25) is 4.79 Å². The number of hydrogen-bond donors (Lipinski definition) is 1. The lowest BCUT2D eigenvalue weighted by Gasteiger charge is -2.17. The fraction of sp³-hybridized carbons (Fsp3) is 0.421. The molecule has 0 spiro atoms. The van der Waals surface area contributed by atoms with Crippen molar-refractivity contribution in [3.8, 4) is 5.75 Å². The Labute approximate surface area is 148 Å². The number of aromatic nitrogens is 2. The molecule has 1 amide bonds. The van der Waals surface area contributed by atoms with Gasteiger partial charge in [-0.05, 0) is 44.4 Å². The zero-order valence-corrected chi connectivity index (χ0v) is 14.8. The Kier molecular flexibility index (Phi) is 5.48. The monoisotopic (exact) mass is 340 g/mol. The van der Waals surface area contributed by atoms with Crippen molar-refractivity contribution in [2.45, 2.75) is 33.2 Å². The molecule has 6 nitrogen and oxygen atoms in total. The first-order chi connectivity index (χ1) is 12.1. The molecule has 2 heterocycles. The Bertz CT molecular complexity index is 742. The van der Waals surface area contributed by atoms with E-state index in [9.17, 15) is 4.79 Å². The highest BCUT2D eigenvalue weighted by molar-refractivity contribution is 5.77. The number of anilines is 1. The lowest BCUT2D eigenvalue weighted by molar-refractivity contribution is -0.123. The Morgan fingerprint density at radius 2 is 2.00 bits per heavy atom. The minimum atomic E-state index is -0.186. The number of ether oxygens (including phenoxy) is 1. The van der Waals surface area contributed by atoms with Gasteiger partial charge in [0.25, 0.3) is 5.91 Å². The minimum absolute atomic E-state index is 0.0196. The molecule has 0 unspecified atom stereocenters. The molecule has 1 aromatic heterocycles. The van der Waals surface area contributed by atoms with Crippen LogP contribution in [0.1, 0.15) is 29.9 Å². The van der Waals surface area contributed by atoms with E-state index in [0.29, 0.717) is 18.1 Å². The van der Waals surface area contributed by atoms with E-state index >= 15 is 0 Å². The molecule has 1 aliphatic heterocycles. The number of nitrogens with zero attached hydrogens (tertiary/aromatic N) is 3. The van der Waals surface area contributed by atoms with E-state index in [0.717, 1.165) is 30.2 Å². The quantitative estimate of drug-likeness (QED) is 0.874. The summed E-state index contributed by atoms with van der Waals surface area (Å²) < 4.78 is 5.50. The van der Waals surface area contributed by atoms with Crippen LogP contribution in [0.25, 0.3) is 0 Å². The fourth-order valence-corrected chi connectivity index (χ4v) is 2.88. The van der Waals surface area contributed by atoms with Crippen molar-refractivity contribution in [1.29, 1.82) is 0 Å². The van der Waals surface area contributed by atoms with Gasteiger partial charge in [0.15, 0.2) is 6.61 Å². The lowest BCUT2D eigenvalue weighted by atomic mass is 10.2. The first-order valence-corrected chi connectivity index (χ1v) is 8.66. The van der Waals surface area contributed by atoms with E-state index in [-0.39, 0.29) is 12.5 Å². The molecular formula is C19H24N4O2. The van der Waals surface area contributed by atoms with E-state index in [1.807, 2.05) is 44.2 Å². The third-order valence-corrected chi connectivity index (χ3v) is 4.12. The van der Waals surface area contributed by atoms with Crippen LogP contribution < -0.4 is 15.0 Å². The van der Waals surface area contributed by atoms with Gasteiger partial charge in [0.2, 0.25) is 0 Å². The molecule has 25 heavy (non-hydrogen) atoms. The minimum Gasteiger partial charge on any atom is -0.484 e. The second kappa shape index (κ2) is 7.96. The molecule has 1 saturated heterocycles. The summed E-state index contributed by atoms with van der Waals surface area (Å²) in [4.78, 5) is 23.3. The summed E-state index contributed by atoms with van der Waals surface area (Å²) in [5.41, 5.74) is 2.01. The second-order valence-electron chi connectivity index (χ2n) is 6.36. The van der Waals surface area contributed by atoms with Crippen LogP contribution in [0.2, 0.25) is 0 Å². The maximum atomic E-state index is 12.0. The third kappa shape index (κ3) is 4.92. The first-order valence-electron chi connectivity index (χ1n) is 8.66. The molecule has 0 saturated carbocycles. The van der Waals surface area contributed by atoms with Crippen molar-refractivity contribution in [2.24, 2.45) is 0 Å². The van der Waals surface area contributed by atoms with Gasteiger partial charge in [-0.15, -0.1) is 0 Å². The Morgan fingerprint density at radius 3 is 2.76 bits per heavy atom. The molecular weight excluding hydrogens is 316 g/mol. The Balaban J connectivity index is 1.53. The predicted octanol–water partition coefficient (Wildman–Crippen LogP) is 2.39. The highest BCUT2D eigenvalue weighted by Gasteiger charge is 2.15. The van der Waals surface area contributed by atoms with E-state index in [4.69, 9.17) is 4.74 Å². The summed E-state index contributed by atoms with van der Waals surface area (Å²) in [6.45, 7) is 6.29. The Morgan fingerprint density at radius 1 is 1.20 bits per heavy atom. The molecule has 0 atom stereocenters. The average Bonchev–Trinajstić information content (AvgIpc) is 3.12. The maximum absolute atomic E-state index is 12.0. The largest absolute Gasteiger partial charge is 0.484 e. The normalized spacial score (nSPS) is 13.8. The van der Waals surface area contributed by atoms with Crippen LogP contribution in [0, 0.1) is 13.8 Å². The number of benzene rings is 1. The van der Waals surface area contributed by atoms with E-state index in [1.54, 1.807) is 0 Å². The van der Waals surface area contributed by atoms with Crippen LogP contribution in [0.15, 0.2) is 30.3 Å². The van der Waals surface area contributed by atoms with Crippen molar-refractivity contribution in [3.63, 3.8) is 0 Å². The van der Waals surface area contributed by atoms with Gasteiger partial charge < -0.3 is 15.0 Å². The first kappa shape index (κ1) is 17.2. The summed E-state index contributed by atoms with van der Waals surface area (Å²) >= 11 is 0. The number of aryl methyl sites for hydroxylation is 2. The van der Waals surface area contributed by atoms with Crippen molar-refractivity contribution >= 4 is 11.7 Å². The fourth-order valence-electron chi connectivity index (χ4n) is 2.88. The molecule has 2 aromatic rings. The van der Waals surface area contributed by atoms with E-state index < -0.39 is 0 Å². The van der Waals surface area contributed by atoms with Gasteiger partial charge in [-0.2, -0.15) is 0 Å². The molecule has 1 aliphatic rings. The number of carbonyl (C=O) groups excluding carboxylic acids is 1. The van der Waals surface area contributed by atoms with Crippen LogP contribution in [-0.4, -0.2) is 35.6 Å². The molecule has 6 heteroatoms. The highest BCUT2D eigenvalue weighted by atomic mass is 16.5. The summed E-state index contributed by atoms with van der Waals surface area (Å²) in [6.07, 6.45) is 2.40. The number of carbonyl (C=O) groups is 1. The smallest absolute Gasteiger partial charge is 0.258 e. The highest BCUT2D eigenvalue weighted by Crippen LogP contribution is 2.18. The molecule has 3 rings (SSSR count). The maximum Gasteiger partial charge on any atom is 0.258 e. The summed E-state index contributed by atoms with van der Waals surface area (Å²) in [7, 11) is 0. The Hall–Kier alpha value is -2.63. The molecule has 1 aromatic carbocycles. The summed E-state index contributed by atoms with van der Waals surface area (Å²) in [5.74, 6) is 2.09. The van der Waals surface area contributed by atoms with Gasteiger partial charge in [-0.25, -0.2) is 9.97 Å². The second-order valence-corrected chi connectivity index (χ2v) is 6.36.